The highest BCUT2D eigenvalue weighted by Gasteiger charge is 2.40. The molecule has 1 saturated carbocycles. The topological polar surface area (TPSA) is 87.7 Å². The summed E-state index contributed by atoms with van der Waals surface area (Å²) in [6.45, 7) is 3.20. The average molecular weight is 298 g/mol. The molecule has 120 valence electrons. The molecule has 1 aliphatic carbocycles. The van der Waals surface area contributed by atoms with E-state index in [1.165, 1.54) is 6.42 Å². The summed E-state index contributed by atoms with van der Waals surface area (Å²) in [5, 5.41) is 15.2. The van der Waals surface area contributed by atoms with E-state index >= 15 is 0 Å². The molecule has 0 aromatic carbocycles. The van der Waals surface area contributed by atoms with Crippen LogP contribution in [-0.2, 0) is 9.53 Å². The van der Waals surface area contributed by atoms with E-state index in [1.807, 2.05) is 0 Å². The normalized spacial score (nSPS) is 28.6. The van der Waals surface area contributed by atoms with E-state index in [-0.39, 0.29) is 18.6 Å². The number of hydrogen-bond acceptors (Lipinski definition) is 3. The van der Waals surface area contributed by atoms with Gasteiger partial charge in [-0.3, -0.25) is 4.79 Å². The fraction of sp³-hybridized carbons (Fsp3) is 0.867. The van der Waals surface area contributed by atoms with Crippen molar-refractivity contribution in [1.82, 2.24) is 10.6 Å². The maximum Gasteiger partial charge on any atom is 0.315 e. The largest absolute Gasteiger partial charge is 0.481 e. The lowest BCUT2D eigenvalue weighted by molar-refractivity contribution is -0.154. The third kappa shape index (κ3) is 4.09. The highest BCUT2D eigenvalue weighted by Crippen LogP contribution is 2.30. The molecule has 0 bridgehead atoms. The van der Waals surface area contributed by atoms with E-state index in [0.29, 0.717) is 32.0 Å². The summed E-state index contributed by atoms with van der Waals surface area (Å²) < 4.78 is 5.23. The van der Waals surface area contributed by atoms with Crippen molar-refractivity contribution in [1.29, 1.82) is 0 Å². The number of nitrogens with one attached hydrogen (secondary N) is 2. The van der Waals surface area contributed by atoms with Gasteiger partial charge < -0.3 is 20.5 Å². The highest BCUT2D eigenvalue weighted by molar-refractivity contribution is 5.78. The van der Waals surface area contributed by atoms with Crippen molar-refractivity contribution in [2.45, 2.75) is 51.5 Å². The number of aliphatic carboxylic acids is 1. The lowest BCUT2D eigenvalue weighted by Crippen LogP contribution is -2.51. The van der Waals surface area contributed by atoms with Crippen molar-refractivity contribution in [2.75, 3.05) is 19.8 Å². The van der Waals surface area contributed by atoms with Crippen LogP contribution in [0.15, 0.2) is 0 Å². The van der Waals surface area contributed by atoms with Crippen LogP contribution < -0.4 is 10.6 Å². The van der Waals surface area contributed by atoms with Crippen molar-refractivity contribution in [3.8, 4) is 0 Å². The SMILES string of the molecule is CC1CCCCC1NC(=O)NCC1(C(=O)O)CCOCC1. The van der Waals surface area contributed by atoms with Crippen molar-refractivity contribution < 1.29 is 19.4 Å². The molecule has 2 aliphatic rings. The number of urea groups is 1. The van der Waals surface area contributed by atoms with Crippen LogP contribution in [0.3, 0.4) is 0 Å². The van der Waals surface area contributed by atoms with Crippen LogP contribution in [0, 0.1) is 11.3 Å². The van der Waals surface area contributed by atoms with Crippen LogP contribution in [0.4, 0.5) is 4.79 Å². The quantitative estimate of drug-likeness (QED) is 0.738. The highest BCUT2D eigenvalue weighted by atomic mass is 16.5. The molecule has 2 unspecified atom stereocenters. The summed E-state index contributed by atoms with van der Waals surface area (Å²) in [6.07, 6.45) is 5.41. The van der Waals surface area contributed by atoms with Crippen LogP contribution in [-0.4, -0.2) is 42.9 Å². The number of rotatable bonds is 4. The zero-order valence-electron chi connectivity index (χ0n) is 12.7. The van der Waals surface area contributed by atoms with Gasteiger partial charge in [-0.2, -0.15) is 0 Å². The Kier molecular flexibility index (Phi) is 5.45. The standard InChI is InChI=1S/C15H26N2O4/c1-11-4-2-3-5-12(11)17-14(20)16-10-15(13(18)19)6-8-21-9-7-15/h11-12H,2-10H2,1H3,(H,18,19)(H2,16,17,20). The number of carbonyl (C=O) groups is 2. The predicted octanol–water partition coefficient (Wildman–Crippen LogP) is 1.75. The summed E-state index contributed by atoms with van der Waals surface area (Å²) in [4.78, 5) is 23.5. The summed E-state index contributed by atoms with van der Waals surface area (Å²) in [6, 6.07) is -0.0462. The first kappa shape index (κ1) is 16.1. The van der Waals surface area contributed by atoms with Crippen LogP contribution in [0.2, 0.25) is 0 Å². The fourth-order valence-electron chi connectivity index (χ4n) is 3.23. The Bertz CT molecular complexity index is 380. The lowest BCUT2D eigenvalue weighted by atomic mass is 9.80. The number of ether oxygens (including phenoxy) is 1. The van der Waals surface area contributed by atoms with Crippen molar-refractivity contribution >= 4 is 12.0 Å². The molecular formula is C15H26N2O4. The zero-order valence-corrected chi connectivity index (χ0v) is 12.7. The first-order chi connectivity index (χ1) is 10.0. The van der Waals surface area contributed by atoms with Gasteiger partial charge in [0, 0.05) is 25.8 Å². The first-order valence-electron chi connectivity index (χ1n) is 7.89. The molecule has 0 spiro atoms. The summed E-state index contributed by atoms with van der Waals surface area (Å²) in [5.41, 5.74) is -0.881. The predicted molar refractivity (Wildman–Crippen MR) is 78.1 cm³/mol. The molecule has 0 aromatic heterocycles. The minimum absolute atomic E-state index is 0.165. The molecule has 1 aliphatic heterocycles. The van der Waals surface area contributed by atoms with Gasteiger partial charge in [0.15, 0.2) is 0 Å². The van der Waals surface area contributed by atoms with Crippen molar-refractivity contribution in [3.05, 3.63) is 0 Å². The van der Waals surface area contributed by atoms with Gasteiger partial charge in [0.25, 0.3) is 0 Å². The Labute approximate surface area is 125 Å². The number of carboxylic acids is 1. The summed E-state index contributed by atoms with van der Waals surface area (Å²) in [5.74, 6) is -0.363. The Morgan fingerprint density at radius 3 is 2.52 bits per heavy atom. The Balaban J connectivity index is 1.83. The van der Waals surface area contributed by atoms with Crippen molar-refractivity contribution in [2.24, 2.45) is 11.3 Å². The maximum absolute atomic E-state index is 12.0. The molecule has 2 amide bonds. The third-order valence-electron chi connectivity index (χ3n) is 4.92. The van der Waals surface area contributed by atoms with Gasteiger partial charge in [0.05, 0.1) is 5.41 Å². The molecule has 1 heterocycles. The van der Waals surface area contributed by atoms with Gasteiger partial charge >= 0.3 is 12.0 Å². The van der Waals surface area contributed by atoms with Crippen LogP contribution in [0.1, 0.15) is 45.4 Å². The van der Waals surface area contributed by atoms with E-state index in [0.717, 1.165) is 19.3 Å². The fourth-order valence-corrected chi connectivity index (χ4v) is 3.23. The smallest absolute Gasteiger partial charge is 0.315 e. The zero-order chi connectivity index (χ0) is 15.3. The van der Waals surface area contributed by atoms with Crippen LogP contribution in [0.25, 0.3) is 0 Å². The van der Waals surface area contributed by atoms with Gasteiger partial charge in [0.1, 0.15) is 0 Å². The molecule has 2 fully saturated rings. The van der Waals surface area contributed by atoms with E-state index in [9.17, 15) is 14.7 Å². The van der Waals surface area contributed by atoms with Gasteiger partial charge in [-0.1, -0.05) is 19.8 Å². The number of carbonyl (C=O) groups excluding carboxylic acids is 1. The van der Waals surface area contributed by atoms with E-state index in [2.05, 4.69) is 17.6 Å². The van der Waals surface area contributed by atoms with Gasteiger partial charge in [0.2, 0.25) is 0 Å². The minimum Gasteiger partial charge on any atom is -0.481 e. The van der Waals surface area contributed by atoms with Crippen LogP contribution in [0.5, 0.6) is 0 Å². The molecule has 1 saturated heterocycles. The number of carboxylic acid groups (broad SMARTS) is 1. The molecule has 2 atom stereocenters. The molecule has 2 rings (SSSR count). The Morgan fingerprint density at radius 2 is 1.90 bits per heavy atom. The molecular weight excluding hydrogens is 272 g/mol. The summed E-state index contributed by atoms with van der Waals surface area (Å²) >= 11 is 0. The average Bonchev–Trinajstić information content (AvgIpc) is 2.48. The molecule has 6 heteroatoms. The van der Waals surface area contributed by atoms with E-state index in [1.54, 1.807) is 0 Å². The maximum atomic E-state index is 12.0. The molecule has 0 radical (unpaired) electrons. The second-order valence-electron chi connectivity index (χ2n) is 6.39. The Morgan fingerprint density at radius 1 is 1.24 bits per heavy atom. The minimum atomic E-state index is -0.881. The number of hydrogen-bond donors (Lipinski definition) is 3. The van der Waals surface area contributed by atoms with Gasteiger partial charge in [-0.05, 0) is 31.6 Å². The first-order valence-corrected chi connectivity index (χ1v) is 7.89. The monoisotopic (exact) mass is 298 g/mol. The lowest BCUT2D eigenvalue weighted by Gasteiger charge is -2.34. The molecule has 6 nitrogen and oxygen atoms in total. The second-order valence-corrected chi connectivity index (χ2v) is 6.39. The Hall–Kier alpha value is -1.30. The summed E-state index contributed by atoms with van der Waals surface area (Å²) in [7, 11) is 0. The van der Waals surface area contributed by atoms with Crippen LogP contribution >= 0.6 is 0 Å². The van der Waals surface area contributed by atoms with E-state index in [4.69, 9.17) is 4.74 Å². The second kappa shape index (κ2) is 7.11. The molecule has 21 heavy (non-hydrogen) atoms. The van der Waals surface area contributed by atoms with Crippen molar-refractivity contribution in [3.63, 3.8) is 0 Å². The molecule has 0 aromatic rings. The number of amides is 2. The van der Waals surface area contributed by atoms with Gasteiger partial charge in [-0.25, -0.2) is 4.79 Å². The van der Waals surface area contributed by atoms with Gasteiger partial charge in [-0.15, -0.1) is 0 Å². The third-order valence-corrected chi connectivity index (χ3v) is 4.92. The van der Waals surface area contributed by atoms with E-state index < -0.39 is 11.4 Å². The molecule has 3 N–H and O–H groups in total.